The van der Waals surface area contributed by atoms with Gasteiger partial charge in [0.1, 0.15) is 11.5 Å². The largest absolute Gasteiger partial charge is 0.369 e. The first-order valence-electron chi connectivity index (χ1n) is 5.72. The van der Waals surface area contributed by atoms with E-state index in [4.69, 9.17) is 5.73 Å². The second-order valence-electron chi connectivity index (χ2n) is 4.08. The van der Waals surface area contributed by atoms with Gasteiger partial charge in [0.2, 0.25) is 0 Å². The standard InChI is InChI=1S/C12H17N5/c1-9(13)6-8-15-12-5-4-11(16-17-12)10-3-2-7-14-10/h2-5,7,9,14H,6,8,13H2,1H3,(H,15,17). The third-order valence-electron chi connectivity index (χ3n) is 2.44. The van der Waals surface area contributed by atoms with Crippen LogP contribution in [0.5, 0.6) is 0 Å². The van der Waals surface area contributed by atoms with Crippen molar-refractivity contribution in [3.05, 3.63) is 30.5 Å². The van der Waals surface area contributed by atoms with Gasteiger partial charge in [0, 0.05) is 18.8 Å². The fourth-order valence-electron chi connectivity index (χ4n) is 1.49. The molecule has 0 aliphatic rings. The van der Waals surface area contributed by atoms with E-state index in [2.05, 4.69) is 20.5 Å². The van der Waals surface area contributed by atoms with Crippen LogP contribution in [-0.4, -0.2) is 27.8 Å². The molecule has 4 N–H and O–H groups in total. The Morgan fingerprint density at radius 3 is 2.82 bits per heavy atom. The van der Waals surface area contributed by atoms with E-state index in [9.17, 15) is 0 Å². The maximum atomic E-state index is 5.66. The second-order valence-corrected chi connectivity index (χ2v) is 4.08. The summed E-state index contributed by atoms with van der Waals surface area (Å²) in [6, 6.07) is 7.96. The number of anilines is 1. The molecule has 5 heteroatoms. The molecule has 17 heavy (non-hydrogen) atoms. The Bertz CT molecular complexity index is 432. The lowest BCUT2D eigenvalue weighted by molar-refractivity contribution is 0.688. The zero-order valence-corrected chi connectivity index (χ0v) is 9.85. The number of nitrogens with one attached hydrogen (secondary N) is 2. The fraction of sp³-hybridized carbons (Fsp3) is 0.333. The van der Waals surface area contributed by atoms with Crippen molar-refractivity contribution in [1.82, 2.24) is 15.2 Å². The molecule has 0 bridgehead atoms. The van der Waals surface area contributed by atoms with Crippen molar-refractivity contribution in [1.29, 1.82) is 0 Å². The maximum Gasteiger partial charge on any atom is 0.148 e. The van der Waals surface area contributed by atoms with Gasteiger partial charge in [-0.3, -0.25) is 0 Å². The van der Waals surface area contributed by atoms with Gasteiger partial charge >= 0.3 is 0 Å². The van der Waals surface area contributed by atoms with E-state index < -0.39 is 0 Å². The normalized spacial score (nSPS) is 12.4. The average molecular weight is 231 g/mol. The monoisotopic (exact) mass is 231 g/mol. The summed E-state index contributed by atoms with van der Waals surface area (Å²) in [5, 5.41) is 11.4. The third-order valence-corrected chi connectivity index (χ3v) is 2.44. The molecule has 0 radical (unpaired) electrons. The molecule has 0 aromatic carbocycles. The Balaban J connectivity index is 1.94. The lowest BCUT2D eigenvalue weighted by Gasteiger charge is -2.07. The number of rotatable bonds is 5. The van der Waals surface area contributed by atoms with E-state index in [1.54, 1.807) is 0 Å². The summed E-state index contributed by atoms with van der Waals surface area (Å²) >= 11 is 0. The summed E-state index contributed by atoms with van der Waals surface area (Å²) in [6.07, 6.45) is 2.78. The predicted molar refractivity (Wildman–Crippen MR) is 68.6 cm³/mol. The van der Waals surface area contributed by atoms with E-state index in [1.165, 1.54) is 0 Å². The molecule has 5 nitrogen and oxygen atoms in total. The molecule has 0 aliphatic heterocycles. The van der Waals surface area contributed by atoms with Crippen LogP contribution in [0.2, 0.25) is 0 Å². The highest BCUT2D eigenvalue weighted by Crippen LogP contribution is 2.14. The Labute approximate surface area is 100 Å². The molecular weight excluding hydrogens is 214 g/mol. The Hall–Kier alpha value is -1.88. The maximum absolute atomic E-state index is 5.66. The molecule has 0 saturated heterocycles. The minimum atomic E-state index is 0.202. The van der Waals surface area contributed by atoms with E-state index >= 15 is 0 Å². The number of hydrogen-bond donors (Lipinski definition) is 3. The molecule has 1 atom stereocenters. The van der Waals surface area contributed by atoms with Crippen LogP contribution in [0.1, 0.15) is 13.3 Å². The molecule has 2 heterocycles. The number of aromatic amines is 1. The van der Waals surface area contributed by atoms with Crippen LogP contribution in [0, 0.1) is 0 Å². The van der Waals surface area contributed by atoms with Crippen LogP contribution in [0.4, 0.5) is 5.82 Å². The molecule has 0 fully saturated rings. The SMILES string of the molecule is CC(N)CCNc1ccc(-c2ccc[nH]2)nn1. The molecule has 2 rings (SSSR count). The van der Waals surface area contributed by atoms with Crippen molar-refractivity contribution in [3.8, 4) is 11.4 Å². The zero-order valence-electron chi connectivity index (χ0n) is 9.85. The molecular formula is C12H17N5. The summed E-state index contributed by atoms with van der Waals surface area (Å²) in [4.78, 5) is 3.09. The molecule has 0 aliphatic carbocycles. The Morgan fingerprint density at radius 2 is 2.24 bits per heavy atom. The van der Waals surface area contributed by atoms with Gasteiger partial charge in [-0.25, -0.2) is 0 Å². The summed E-state index contributed by atoms with van der Waals surface area (Å²) in [5.41, 5.74) is 7.48. The van der Waals surface area contributed by atoms with Gasteiger partial charge in [-0.15, -0.1) is 10.2 Å². The Morgan fingerprint density at radius 1 is 1.35 bits per heavy atom. The van der Waals surface area contributed by atoms with E-state index in [-0.39, 0.29) is 6.04 Å². The molecule has 2 aromatic heterocycles. The molecule has 1 unspecified atom stereocenters. The number of hydrogen-bond acceptors (Lipinski definition) is 4. The first kappa shape index (κ1) is 11.6. The van der Waals surface area contributed by atoms with E-state index in [0.29, 0.717) is 0 Å². The molecule has 0 saturated carbocycles. The van der Waals surface area contributed by atoms with Gasteiger partial charge < -0.3 is 16.0 Å². The van der Waals surface area contributed by atoms with Crippen molar-refractivity contribution in [2.45, 2.75) is 19.4 Å². The van der Waals surface area contributed by atoms with Gasteiger partial charge in [0.05, 0.1) is 5.69 Å². The first-order valence-corrected chi connectivity index (χ1v) is 5.72. The number of H-pyrrole nitrogens is 1. The topological polar surface area (TPSA) is 79.6 Å². The number of nitrogens with two attached hydrogens (primary N) is 1. The second kappa shape index (κ2) is 5.45. The van der Waals surface area contributed by atoms with Gasteiger partial charge in [-0.1, -0.05) is 0 Å². The van der Waals surface area contributed by atoms with Crippen molar-refractivity contribution in [3.63, 3.8) is 0 Å². The highest BCUT2D eigenvalue weighted by atomic mass is 15.2. The zero-order chi connectivity index (χ0) is 12.1. The van der Waals surface area contributed by atoms with Gasteiger partial charge in [0.25, 0.3) is 0 Å². The minimum absolute atomic E-state index is 0.202. The van der Waals surface area contributed by atoms with Crippen LogP contribution in [-0.2, 0) is 0 Å². The predicted octanol–water partition coefficient (Wildman–Crippen LogP) is 1.62. The van der Waals surface area contributed by atoms with E-state index in [1.807, 2.05) is 37.4 Å². The van der Waals surface area contributed by atoms with Gasteiger partial charge in [-0.2, -0.15) is 0 Å². The highest BCUT2D eigenvalue weighted by Gasteiger charge is 2.01. The summed E-state index contributed by atoms with van der Waals surface area (Å²) in [7, 11) is 0. The van der Waals surface area contributed by atoms with Crippen molar-refractivity contribution < 1.29 is 0 Å². The van der Waals surface area contributed by atoms with Gasteiger partial charge in [-0.05, 0) is 37.6 Å². The lowest BCUT2D eigenvalue weighted by Crippen LogP contribution is -2.19. The van der Waals surface area contributed by atoms with Crippen molar-refractivity contribution in [2.75, 3.05) is 11.9 Å². The van der Waals surface area contributed by atoms with Crippen molar-refractivity contribution in [2.24, 2.45) is 5.73 Å². The first-order chi connectivity index (χ1) is 8.25. The minimum Gasteiger partial charge on any atom is -0.369 e. The molecule has 90 valence electrons. The van der Waals surface area contributed by atoms with Crippen LogP contribution in [0.15, 0.2) is 30.5 Å². The summed E-state index contributed by atoms with van der Waals surface area (Å²) < 4.78 is 0. The van der Waals surface area contributed by atoms with Gasteiger partial charge in [0.15, 0.2) is 0 Å². The highest BCUT2D eigenvalue weighted by molar-refractivity contribution is 5.54. The van der Waals surface area contributed by atoms with Crippen LogP contribution < -0.4 is 11.1 Å². The number of aromatic nitrogens is 3. The van der Waals surface area contributed by atoms with Crippen LogP contribution >= 0.6 is 0 Å². The Kier molecular flexibility index (Phi) is 3.72. The quantitative estimate of drug-likeness (QED) is 0.730. The molecule has 2 aromatic rings. The van der Waals surface area contributed by atoms with E-state index in [0.717, 1.165) is 30.2 Å². The summed E-state index contributed by atoms with van der Waals surface area (Å²) in [5.74, 6) is 0.779. The molecule has 0 spiro atoms. The smallest absolute Gasteiger partial charge is 0.148 e. The number of nitrogens with zero attached hydrogens (tertiary/aromatic N) is 2. The molecule has 0 amide bonds. The fourth-order valence-corrected chi connectivity index (χ4v) is 1.49. The third kappa shape index (κ3) is 3.29. The average Bonchev–Trinajstić information content (AvgIpc) is 2.83. The van der Waals surface area contributed by atoms with Crippen LogP contribution in [0.3, 0.4) is 0 Å². The van der Waals surface area contributed by atoms with Crippen LogP contribution in [0.25, 0.3) is 11.4 Å². The summed E-state index contributed by atoms with van der Waals surface area (Å²) in [6.45, 7) is 2.80. The lowest BCUT2D eigenvalue weighted by atomic mass is 10.2. The van der Waals surface area contributed by atoms with Crippen molar-refractivity contribution >= 4 is 5.82 Å².